The lowest BCUT2D eigenvalue weighted by atomic mass is 9.95. The van der Waals surface area contributed by atoms with Gasteiger partial charge in [-0.15, -0.1) is 0 Å². The Labute approximate surface area is 376 Å². The predicted molar refractivity (Wildman–Crippen MR) is 239 cm³/mol. The van der Waals surface area contributed by atoms with Crippen molar-refractivity contribution >= 4 is 53.3 Å². The summed E-state index contributed by atoms with van der Waals surface area (Å²) in [4.78, 5) is 118. The molecule has 1 aromatic carbocycles. The number of amides is 7. The zero-order valence-corrected chi connectivity index (χ0v) is 38.7. The molecule has 7 amide bonds. The molecule has 0 fully saturated rings. The Bertz CT molecular complexity index is 1730. The molecular weight excluding hydrogens is 831 g/mol. The molecule has 0 saturated heterocycles. The number of rotatable bonds is 29. The van der Waals surface area contributed by atoms with E-state index in [0.29, 0.717) is 31.4 Å². The SMILES string of the molecule is CC[C@H](C)[C@H](NC(=O)[C@@H](N)C(C)C)C(=O)N[C@@H](Cc1ccccc1)C(=O)N[C@@H](CC(C)C)C(=O)N[C@@H](C)C(=O)N[C@@H](CC(=O)O)C(=O)N[C@H](C(=O)N[C@@H](CCCCN)C(=O)O)C(C)C. The second-order valence-electron chi connectivity index (χ2n) is 17.4. The molecule has 1 rings (SSSR count). The molecule has 0 heterocycles. The Hall–Kier alpha value is -5.63. The number of carboxylic acids is 2. The number of aliphatic carboxylic acids is 2. The van der Waals surface area contributed by atoms with Crippen molar-refractivity contribution in [3.63, 3.8) is 0 Å². The van der Waals surface area contributed by atoms with Gasteiger partial charge in [-0.2, -0.15) is 0 Å². The Balaban J connectivity index is 3.30. The van der Waals surface area contributed by atoms with Gasteiger partial charge in [-0.3, -0.25) is 38.4 Å². The van der Waals surface area contributed by atoms with E-state index in [1.807, 2.05) is 6.92 Å². The van der Waals surface area contributed by atoms with Crippen molar-refractivity contribution < 1.29 is 53.4 Å². The van der Waals surface area contributed by atoms with E-state index in [0.717, 1.165) is 0 Å². The minimum Gasteiger partial charge on any atom is -0.481 e. The van der Waals surface area contributed by atoms with Crippen molar-refractivity contribution in [1.82, 2.24) is 37.2 Å². The number of hydrogen-bond acceptors (Lipinski definition) is 11. The van der Waals surface area contributed by atoms with E-state index in [1.165, 1.54) is 6.92 Å². The van der Waals surface area contributed by atoms with Gasteiger partial charge in [-0.1, -0.05) is 92.1 Å². The fraction of sp³-hybridized carbons (Fsp3) is 0.659. The summed E-state index contributed by atoms with van der Waals surface area (Å²) in [7, 11) is 0. The smallest absolute Gasteiger partial charge is 0.326 e. The highest BCUT2D eigenvalue weighted by atomic mass is 16.4. The number of hydrogen-bond donors (Lipinski definition) is 11. The second-order valence-corrected chi connectivity index (χ2v) is 17.4. The molecule has 360 valence electrons. The van der Waals surface area contributed by atoms with Crippen LogP contribution in [0.3, 0.4) is 0 Å². The normalized spacial score (nSPS) is 15.5. The molecule has 0 unspecified atom stereocenters. The van der Waals surface area contributed by atoms with Crippen LogP contribution in [0.25, 0.3) is 0 Å². The Morgan fingerprint density at radius 2 is 1.09 bits per heavy atom. The molecule has 20 heteroatoms. The lowest BCUT2D eigenvalue weighted by Gasteiger charge is -2.29. The Morgan fingerprint density at radius 1 is 0.578 bits per heavy atom. The maximum absolute atomic E-state index is 14.1. The van der Waals surface area contributed by atoms with Crippen LogP contribution in [0, 0.1) is 23.7 Å². The third kappa shape index (κ3) is 19.8. The van der Waals surface area contributed by atoms with Crippen LogP contribution in [-0.4, -0.2) is 118 Å². The third-order valence-corrected chi connectivity index (χ3v) is 10.6. The van der Waals surface area contributed by atoms with E-state index >= 15 is 0 Å². The van der Waals surface area contributed by atoms with E-state index in [-0.39, 0.29) is 37.0 Å². The van der Waals surface area contributed by atoms with Crippen molar-refractivity contribution in [2.45, 2.75) is 156 Å². The molecule has 1 aromatic rings. The number of benzene rings is 1. The number of nitrogens with two attached hydrogens (primary N) is 2. The van der Waals surface area contributed by atoms with Crippen LogP contribution in [-0.2, 0) is 49.6 Å². The minimum absolute atomic E-state index is 0.0151. The molecule has 0 aliphatic heterocycles. The first-order valence-electron chi connectivity index (χ1n) is 22.0. The summed E-state index contributed by atoms with van der Waals surface area (Å²) in [5.74, 6) is -9.59. The first kappa shape index (κ1) is 56.4. The first-order chi connectivity index (χ1) is 29.9. The van der Waals surface area contributed by atoms with Crippen LogP contribution >= 0.6 is 0 Å². The molecule has 0 aliphatic rings. The molecule has 13 N–H and O–H groups in total. The molecule has 0 bridgehead atoms. The summed E-state index contributed by atoms with van der Waals surface area (Å²) in [5.41, 5.74) is 12.2. The highest BCUT2D eigenvalue weighted by Gasteiger charge is 2.36. The molecule has 0 aromatic heterocycles. The zero-order chi connectivity index (χ0) is 48.8. The van der Waals surface area contributed by atoms with E-state index in [9.17, 15) is 53.4 Å². The molecule has 0 saturated carbocycles. The maximum atomic E-state index is 14.1. The summed E-state index contributed by atoms with van der Waals surface area (Å²) in [6, 6.07) is -1.24. The predicted octanol–water partition coefficient (Wildman–Crippen LogP) is 0.0624. The first-order valence-corrected chi connectivity index (χ1v) is 22.0. The van der Waals surface area contributed by atoms with Gasteiger partial charge in [0.15, 0.2) is 0 Å². The lowest BCUT2D eigenvalue weighted by Crippen LogP contribution is -2.61. The molecule has 9 atom stereocenters. The van der Waals surface area contributed by atoms with Gasteiger partial charge in [-0.05, 0) is 68.4 Å². The highest BCUT2D eigenvalue weighted by Crippen LogP contribution is 2.13. The second kappa shape index (κ2) is 28.2. The topological polar surface area (TPSA) is 330 Å². The standard InChI is InChI=1S/C44H73N9O11/c1-10-26(8)36(53-41(60)34(46)24(4)5)43(62)51-31(21-28-16-12-11-13-17-28)39(58)50-30(20-23(2)3)38(57)47-27(9)37(56)49-32(22-33(54)55)40(59)52-35(25(6)7)42(61)48-29(44(63)64)18-14-15-19-45/h11-13,16-17,23-27,29-32,34-36H,10,14-15,18-22,45-46H2,1-9H3,(H,47,57)(H,48,61)(H,49,56)(H,50,58)(H,51,62)(H,52,59)(H,53,60)(H,54,55)(H,63,64)/t26-,27-,29-,30-,31-,32-,34-,35-,36-/m0/s1. The van der Waals surface area contributed by atoms with Crippen LogP contribution in [0.2, 0.25) is 0 Å². The van der Waals surface area contributed by atoms with Crippen LogP contribution in [0.4, 0.5) is 0 Å². The fourth-order valence-electron chi connectivity index (χ4n) is 6.41. The van der Waals surface area contributed by atoms with Gasteiger partial charge in [0.1, 0.15) is 42.3 Å². The van der Waals surface area contributed by atoms with Gasteiger partial charge in [0, 0.05) is 6.42 Å². The van der Waals surface area contributed by atoms with E-state index in [2.05, 4.69) is 37.2 Å². The highest BCUT2D eigenvalue weighted by molar-refractivity contribution is 5.98. The average Bonchev–Trinajstić information content (AvgIpc) is 3.22. The maximum Gasteiger partial charge on any atom is 0.326 e. The molecule has 0 aliphatic carbocycles. The summed E-state index contributed by atoms with van der Waals surface area (Å²) in [5, 5.41) is 37.1. The van der Waals surface area contributed by atoms with Crippen molar-refractivity contribution in [3.05, 3.63) is 35.9 Å². The lowest BCUT2D eigenvalue weighted by molar-refractivity contribution is -0.143. The average molecular weight is 904 g/mol. The number of carboxylic acid groups (broad SMARTS) is 2. The van der Waals surface area contributed by atoms with Crippen LogP contribution in [0.5, 0.6) is 0 Å². The fourth-order valence-corrected chi connectivity index (χ4v) is 6.41. The van der Waals surface area contributed by atoms with Gasteiger partial charge in [0.2, 0.25) is 41.4 Å². The van der Waals surface area contributed by atoms with E-state index < -0.39 is 114 Å². The van der Waals surface area contributed by atoms with E-state index in [1.54, 1.807) is 78.8 Å². The molecule has 0 spiro atoms. The van der Waals surface area contributed by atoms with Crippen molar-refractivity contribution in [2.24, 2.45) is 35.1 Å². The van der Waals surface area contributed by atoms with Gasteiger partial charge in [0.25, 0.3) is 0 Å². The molecule has 20 nitrogen and oxygen atoms in total. The number of carbonyl (C=O) groups is 9. The largest absolute Gasteiger partial charge is 0.481 e. The molecular formula is C44H73N9O11. The molecule has 0 radical (unpaired) electrons. The van der Waals surface area contributed by atoms with Crippen molar-refractivity contribution in [1.29, 1.82) is 0 Å². The van der Waals surface area contributed by atoms with Crippen LogP contribution in [0.1, 0.15) is 106 Å². The quantitative estimate of drug-likeness (QED) is 0.0475. The van der Waals surface area contributed by atoms with Crippen LogP contribution in [0.15, 0.2) is 30.3 Å². The third-order valence-electron chi connectivity index (χ3n) is 10.6. The van der Waals surface area contributed by atoms with Gasteiger partial charge >= 0.3 is 11.9 Å². The summed E-state index contributed by atoms with van der Waals surface area (Å²) < 4.78 is 0. The Morgan fingerprint density at radius 3 is 1.61 bits per heavy atom. The minimum atomic E-state index is -1.73. The summed E-state index contributed by atoms with van der Waals surface area (Å²) in [6.45, 7) is 15.5. The number of unbranched alkanes of at least 4 members (excludes halogenated alkanes) is 1. The molecule has 64 heavy (non-hydrogen) atoms. The zero-order valence-electron chi connectivity index (χ0n) is 38.7. The Kier molecular flexibility index (Phi) is 24.9. The summed E-state index contributed by atoms with van der Waals surface area (Å²) >= 11 is 0. The van der Waals surface area contributed by atoms with E-state index in [4.69, 9.17) is 11.5 Å². The number of carbonyl (C=O) groups excluding carboxylic acids is 7. The summed E-state index contributed by atoms with van der Waals surface area (Å²) in [6.07, 6.45) is 0.736. The van der Waals surface area contributed by atoms with Crippen LogP contribution < -0.4 is 48.7 Å². The van der Waals surface area contributed by atoms with Crippen molar-refractivity contribution in [2.75, 3.05) is 6.54 Å². The van der Waals surface area contributed by atoms with Gasteiger partial charge < -0.3 is 58.9 Å². The number of nitrogens with one attached hydrogen (secondary N) is 7. The van der Waals surface area contributed by atoms with Crippen molar-refractivity contribution in [3.8, 4) is 0 Å². The van der Waals surface area contributed by atoms with Gasteiger partial charge in [0.05, 0.1) is 12.5 Å². The van der Waals surface area contributed by atoms with Gasteiger partial charge in [-0.25, -0.2) is 4.79 Å². The monoisotopic (exact) mass is 904 g/mol.